The Hall–Kier alpha value is -1.32. The Morgan fingerprint density at radius 2 is 1.85 bits per heavy atom. The molecule has 1 unspecified atom stereocenters. The SMILES string of the molecule is CC1CCCC(=C\c2ccc(Cl)cc2)/C1=N/OCCN(C(C)C)C(C)C. The summed E-state index contributed by atoms with van der Waals surface area (Å²) in [6.45, 7) is 12.7. The van der Waals surface area contributed by atoms with Crippen LogP contribution >= 0.6 is 11.6 Å². The van der Waals surface area contributed by atoms with Gasteiger partial charge in [0.1, 0.15) is 6.61 Å². The molecule has 1 fully saturated rings. The van der Waals surface area contributed by atoms with Crippen LogP contribution < -0.4 is 0 Å². The standard InChI is InChI=1S/C22H33ClN2O/c1-16(2)25(17(3)4)13-14-26-24-22-18(5)7-6-8-20(22)15-19-9-11-21(23)12-10-19/h9-12,15-18H,6-8,13-14H2,1-5H3/b20-15+,24-22+. The monoisotopic (exact) mass is 376 g/mol. The molecule has 0 saturated heterocycles. The minimum absolute atomic E-state index is 0.439. The van der Waals surface area contributed by atoms with E-state index in [1.807, 2.05) is 12.1 Å². The number of hydrogen-bond acceptors (Lipinski definition) is 3. The van der Waals surface area contributed by atoms with E-state index in [4.69, 9.17) is 16.4 Å². The largest absolute Gasteiger partial charge is 0.394 e. The minimum atomic E-state index is 0.439. The maximum Gasteiger partial charge on any atom is 0.129 e. The first-order valence-electron chi connectivity index (χ1n) is 9.80. The summed E-state index contributed by atoms with van der Waals surface area (Å²) in [6, 6.07) is 8.99. The van der Waals surface area contributed by atoms with Crippen LogP contribution in [0.5, 0.6) is 0 Å². The van der Waals surface area contributed by atoms with Crippen LogP contribution in [0, 0.1) is 5.92 Å². The number of benzene rings is 1. The summed E-state index contributed by atoms with van der Waals surface area (Å²) in [5, 5.41) is 5.31. The second-order valence-corrected chi connectivity index (χ2v) is 8.19. The highest BCUT2D eigenvalue weighted by atomic mass is 35.5. The van der Waals surface area contributed by atoms with Gasteiger partial charge in [0.05, 0.1) is 5.71 Å². The van der Waals surface area contributed by atoms with E-state index in [9.17, 15) is 0 Å². The number of hydrogen-bond donors (Lipinski definition) is 0. The molecule has 1 aromatic carbocycles. The van der Waals surface area contributed by atoms with Gasteiger partial charge >= 0.3 is 0 Å². The van der Waals surface area contributed by atoms with Crippen LogP contribution in [0.1, 0.15) is 59.4 Å². The average molecular weight is 377 g/mol. The molecule has 3 nitrogen and oxygen atoms in total. The van der Waals surface area contributed by atoms with Crippen LogP contribution in [0.2, 0.25) is 5.02 Å². The Bertz CT molecular complexity index is 612. The van der Waals surface area contributed by atoms with Gasteiger partial charge in [0, 0.05) is 29.6 Å². The van der Waals surface area contributed by atoms with Crippen molar-refractivity contribution in [3.05, 3.63) is 40.4 Å². The van der Waals surface area contributed by atoms with E-state index in [1.165, 1.54) is 18.4 Å². The number of allylic oxidation sites excluding steroid dienone is 1. The molecule has 1 aliphatic rings. The first-order valence-corrected chi connectivity index (χ1v) is 10.2. The lowest BCUT2D eigenvalue weighted by molar-refractivity contribution is 0.0820. The summed E-state index contributed by atoms with van der Waals surface area (Å²) in [7, 11) is 0. The number of rotatable bonds is 7. The van der Waals surface area contributed by atoms with Gasteiger partial charge in [0.2, 0.25) is 0 Å². The van der Waals surface area contributed by atoms with Crippen molar-refractivity contribution in [2.24, 2.45) is 11.1 Å². The Kier molecular flexibility index (Phi) is 8.17. The van der Waals surface area contributed by atoms with E-state index >= 15 is 0 Å². The van der Waals surface area contributed by atoms with Gasteiger partial charge in [-0.3, -0.25) is 4.90 Å². The Labute approximate surface area is 164 Å². The molecule has 0 aliphatic heterocycles. The van der Waals surface area contributed by atoms with Crippen molar-refractivity contribution in [3.8, 4) is 0 Å². The van der Waals surface area contributed by atoms with E-state index in [-0.39, 0.29) is 0 Å². The Morgan fingerprint density at radius 3 is 2.46 bits per heavy atom. The fourth-order valence-electron chi connectivity index (χ4n) is 3.61. The molecule has 0 N–H and O–H groups in total. The normalized spacial score (nSPS) is 21.3. The summed E-state index contributed by atoms with van der Waals surface area (Å²) in [6.07, 6.45) is 5.65. The van der Waals surface area contributed by atoms with Gasteiger partial charge in [-0.15, -0.1) is 0 Å². The first-order chi connectivity index (χ1) is 12.4. The molecule has 1 saturated carbocycles. The molecular formula is C22H33ClN2O. The molecular weight excluding hydrogens is 344 g/mol. The van der Waals surface area contributed by atoms with Crippen LogP contribution in [-0.2, 0) is 4.84 Å². The number of oxime groups is 1. The van der Waals surface area contributed by atoms with Crippen molar-refractivity contribution in [2.45, 2.75) is 66.0 Å². The molecule has 0 aromatic heterocycles. The van der Waals surface area contributed by atoms with E-state index in [0.29, 0.717) is 24.6 Å². The van der Waals surface area contributed by atoms with Gasteiger partial charge in [-0.25, -0.2) is 0 Å². The van der Waals surface area contributed by atoms with Gasteiger partial charge < -0.3 is 4.84 Å². The summed E-state index contributed by atoms with van der Waals surface area (Å²) >= 11 is 5.99. The van der Waals surface area contributed by atoms with Crippen LogP contribution in [0.15, 0.2) is 35.0 Å². The zero-order valence-electron chi connectivity index (χ0n) is 16.8. The smallest absolute Gasteiger partial charge is 0.129 e. The summed E-state index contributed by atoms with van der Waals surface area (Å²) in [5.41, 5.74) is 3.56. The zero-order chi connectivity index (χ0) is 19.1. The van der Waals surface area contributed by atoms with Crippen LogP contribution in [0.3, 0.4) is 0 Å². The Balaban J connectivity index is 2.05. The third-order valence-corrected chi connectivity index (χ3v) is 5.27. The lowest BCUT2D eigenvalue weighted by Gasteiger charge is -2.30. The van der Waals surface area contributed by atoms with Crippen molar-refractivity contribution in [1.82, 2.24) is 4.90 Å². The topological polar surface area (TPSA) is 24.8 Å². The van der Waals surface area contributed by atoms with Crippen LogP contribution in [0.25, 0.3) is 6.08 Å². The molecule has 1 aliphatic carbocycles. The summed E-state index contributed by atoms with van der Waals surface area (Å²) < 4.78 is 0. The zero-order valence-corrected chi connectivity index (χ0v) is 17.6. The highest BCUT2D eigenvalue weighted by Gasteiger charge is 2.22. The molecule has 4 heteroatoms. The van der Waals surface area contributed by atoms with Gasteiger partial charge in [-0.2, -0.15) is 0 Å². The van der Waals surface area contributed by atoms with Crippen LogP contribution in [-0.4, -0.2) is 35.8 Å². The number of nitrogens with zero attached hydrogens (tertiary/aromatic N) is 2. The van der Waals surface area contributed by atoms with Gasteiger partial charge in [0.15, 0.2) is 0 Å². The molecule has 26 heavy (non-hydrogen) atoms. The minimum Gasteiger partial charge on any atom is -0.394 e. The Morgan fingerprint density at radius 1 is 1.19 bits per heavy atom. The predicted octanol–water partition coefficient (Wildman–Crippen LogP) is 6.03. The quantitative estimate of drug-likeness (QED) is 0.428. The third kappa shape index (κ3) is 6.14. The molecule has 0 radical (unpaired) electrons. The lowest BCUT2D eigenvalue weighted by atomic mass is 9.84. The maximum atomic E-state index is 5.99. The van der Waals surface area contributed by atoms with Crippen molar-refractivity contribution >= 4 is 23.4 Å². The lowest BCUT2D eigenvalue weighted by Crippen LogP contribution is -2.39. The fraction of sp³-hybridized carbons (Fsp3) is 0.591. The molecule has 1 atom stereocenters. The first kappa shape index (κ1) is 21.0. The van der Waals surface area contributed by atoms with E-state index in [2.05, 4.69) is 62.9 Å². The molecule has 0 spiro atoms. The van der Waals surface area contributed by atoms with E-state index in [0.717, 1.165) is 29.3 Å². The highest BCUT2D eigenvalue weighted by molar-refractivity contribution is 6.30. The number of halogens is 1. The molecule has 1 aromatic rings. The van der Waals surface area contributed by atoms with Gasteiger partial charge in [-0.05, 0) is 76.3 Å². The van der Waals surface area contributed by atoms with Crippen molar-refractivity contribution in [1.29, 1.82) is 0 Å². The summed E-state index contributed by atoms with van der Waals surface area (Å²) in [5.74, 6) is 0.439. The van der Waals surface area contributed by atoms with Gasteiger partial charge in [-0.1, -0.05) is 35.8 Å². The molecule has 0 amide bonds. The predicted molar refractivity (Wildman–Crippen MR) is 113 cm³/mol. The second kappa shape index (κ2) is 10.1. The van der Waals surface area contributed by atoms with E-state index < -0.39 is 0 Å². The van der Waals surface area contributed by atoms with Crippen LogP contribution in [0.4, 0.5) is 0 Å². The molecule has 0 bridgehead atoms. The second-order valence-electron chi connectivity index (χ2n) is 7.75. The molecule has 144 valence electrons. The van der Waals surface area contributed by atoms with Crippen molar-refractivity contribution in [2.75, 3.05) is 13.2 Å². The fourth-order valence-corrected chi connectivity index (χ4v) is 3.73. The molecule has 2 rings (SSSR count). The maximum absolute atomic E-state index is 5.99. The highest BCUT2D eigenvalue weighted by Crippen LogP contribution is 2.28. The molecule has 0 heterocycles. The van der Waals surface area contributed by atoms with Crippen molar-refractivity contribution < 1.29 is 4.84 Å². The van der Waals surface area contributed by atoms with E-state index in [1.54, 1.807) is 0 Å². The third-order valence-electron chi connectivity index (χ3n) is 5.02. The average Bonchev–Trinajstić information content (AvgIpc) is 2.58. The van der Waals surface area contributed by atoms with Gasteiger partial charge in [0.25, 0.3) is 0 Å². The van der Waals surface area contributed by atoms with Crippen molar-refractivity contribution in [3.63, 3.8) is 0 Å². The summed E-state index contributed by atoms with van der Waals surface area (Å²) in [4.78, 5) is 8.17.